The van der Waals surface area contributed by atoms with Crippen molar-refractivity contribution in [1.82, 2.24) is 0 Å². The van der Waals surface area contributed by atoms with E-state index in [2.05, 4.69) is 152 Å². The van der Waals surface area contributed by atoms with Crippen molar-refractivity contribution in [2.75, 3.05) is 33.6 Å². The number of nitrogen functional groups attached to an aromatic ring is 4. The molecule has 0 atom stereocenters. The molecule has 104 heavy (non-hydrogen) atoms. The normalized spacial score (nSPS) is 10.7. The summed E-state index contributed by atoms with van der Waals surface area (Å²) in [6.45, 7) is 38.6. The maximum Gasteiger partial charge on any atom is 0.471 e. The van der Waals surface area contributed by atoms with E-state index in [1.165, 1.54) is 90.9 Å². The van der Waals surface area contributed by atoms with Crippen LogP contribution >= 0.6 is 45.2 Å². The molecule has 9 rings (SSSR count). The number of alkyl halides is 6. The number of nitrogens with zero attached hydrogens (tertiary/aromatic N) is 3. The van der Waals surface area contributed by atoms with Crippen molar-refractivity contribution in [2.24, 2.45) is 0 Å². The van der Waals surface area contributed by atoms with Gasteiger partial charge in [0.15, 0.2) is 0 Å². The molecular formula is C77H92BF6I2N9O8Si. The highest BCUT2D eigenvalue weighted by Crippen LogP contribution is 2.33. The van der Waals surface area contributed by atoms with E-state index in [9.17, 15) is 66.3 Å². The van der Waals surface area contributed by atoms with Crippen molar-refractivity contribution in [2.45, 2.75) is 156 Å². The quantitative estimate of drug-likeness (QED) is 0.0178. The predicted octanol–water partition coefficient (Wildman–Crippen LogP) is 20.7. The van der Waals surface area contributed by atoms with Crippen LogP contribution in [0.2, 0.25) is 26.5 Å². The van der Waals surface area contributed by atoms with Gasteiger partial charge in [0.2, 0.25) is 0 Å². The SMILES string of the molecule is Cc1cc(C)c(C#C[Si](C)(C)C)c(N)c1.Cc1cc(C)c(I)c(N)c1.Cc1cc(C)c(I)c([N+](=O)[O-])c1.Cc1cc(C)c(N)c([N+](=O)[O-])c1.Cc1cc(C)c(NC(=O)C(F)(F)F)c([N+](=O)[O-])c1.Cc1cc(C)c2c(c1)CC=C2.Cc1ccc(N)c(C)c1.Cc1ccc(NC(=O)C(F)(F)F)c(C)c1.[B]C. The molecule has 0 heterocycles. The topological polar surface area (TPSA) is 292 Å². The second kappa shape index (κ2) is 41.9. The number of nitrogens with two attached hydrogens (primary N) is 4. The van der Waals surface area contributed by atoms with Crippen LogP contribution in [-0.4, -0.2) is 54.9 Å². The van der Waals surface area contributed by atoms with Crippen LogP contribution < -0.4 is 33.6 Å². The summed E-state index contributed by atoms with van der Waals surface area (Å²) in [5.41, 5.74) is 48.1. The molecule has 2 amide bonds. The molecule has 1 aliphatic rings. The average molecular weight is 1680 g/mol. The van der Waals surface area contributed by atoms with Gasteiger partial charge in [0, 0.05) is 50.1 Å². The number of nitrogens with one attached hydrogen (secondary N) is 2. The summed E-state index contributed by atoms with van der Waals surface area (Å²) in [4.78, 5) is 51.5. The highest BCUT2D eigenvalue weighted by Gasteiger charge is 2.40. The number of aryl methyl sites for hydroxylation is 16. The van der Waals surface area contributed by atoms with Gasteiger partial charge in [-0.05, 0) is 270 Å². The fourth-order valence-electron chi connectivity index (χ4n) is 9.76. The maximum atomic E-state index is 12.1. The molecule has 2 radical (unpaired) electrons. The van der Waals surface area contributed by atoms with Gasteiger partial charge in [-0.2, -0.15) is 26.3 Å². The first-order valence-corrected chi connectivity index (χ1v) is 37.6. The number of hydrogen-bond donors (Lipinski definition) is 6. The Labute approximate surface area is 636 Å². The Hall–Kier alpha value is -9.28. The predicted molar refractivity (Wildman–Crippen MR) is 434 cm³/mol. The van der Waals surface area contributed by atoms with Crippen molar-refractivity contribution in [3.05, 3.63) is 258 Å². The van der Waals surface area contributed by atoms with Gasteiger partial charge in [0.1, 0.15) is 19.4 Å². The minimum Gasteiger partial charge on any atom is -0.399 e. The van der Waals surface area contributed by atoms with Crippen LogP contribution in [0, 0.1) is 160 Å². The van der Waals surface area contributed by atoms with Crippen LogP contribution in [0.4, 0.5) is 77.5 Å². The summed E-state index contributed by atoms with van der Waals surface area (Å²) in [7, 11) is 3.18. The Kier molecular flexibility index (Phi) is 37.3. The van der Waals surface area contributed by atoms with Crippen molar-refractivity contribution >= 4 is 130 Å². The molecule has 0 bridgehead atoms. The molecule has 0 unspecified atom stereocenters. The fourth-order valence-corrected chi connectivity index (χ4v) is 11.1. The highest BCUT2D eigenvalue weighted by molar-refractivity contribution is 14.1. The second-order valence-electron chi connectivity index (χ2n) is 25.6. The summed E-state index contributed by atoms with van der Waals surface area (Å²) < 4.78 is 74.0. The molecule has 0 aliphatic heterocycles. The van der Waals surface area contributed by atoms with Gasteiger partial charge >= 0.3 is 24.2 Å². The summed E-state index contributed by atoms with van der Waals surface area (Å²) in [6.07, 6.45) is -4.36. The molecule has 8 aromatic carbocycles. The van der Waals surface area contributed by atoms with Crippen LogP contribution in [0.3, 0.4) is 0 Å². The Morgan fingerprint density at radius 2 is 0.856 bits per heavy atom. The van der Waals surface area contributed by atoms with Gasteiger partial charge in [0.05, 0.1) is 26.2 Å². The Morgan fingerprint density at radius 3 is 1.31 bits per heavy atom. The standard InChI is InChI=1S/C13H19NSi.C11H12.C10H9F3N2O3.C10H10F3NO.C8H8INO2.C8H10IN.C8H10N2O2.C8H11N.CH3B/c1-10-8-11(2)12(13(14)9-10)6-7-15(3,4)5;1-8-6-9(2)11-5-3-4-10(11)7-8;1-5-3-6(2)8(7(4-5)15(17)18)14-9(16)10(11,12)13;1-6-3-4-8(7(2)5-6)14-9(15)10(11,12)13;1-5-3-6(2)8(9)7(4-5)10(11)12;1-5-3-6(2)8(9)7(10)4-5;1-5-3-6(2)8(9)7(4-5)10(11)12;1-6-3-4-8(9)7(2)5-6;1-2/h8-9H,14H2,1-5H3;3,5-7H,4H2,1-2H3;3-4H,1-2H3,(H,14,16);3-5H,1-2H3,(H,14,15);3-4H,1-2H3;3-4H,10H2,1-2H3;3-4H,9H2,1-2H3;3-5H,9H2,1-2H3;1H3. The van der Waals surface area contributed by atoms with Crippen molar-refractivity contribution in [1.29, 1.82) is 0 Å². The summed E-state index contributed by atoms with van der Waals surface area (Å²) in [5.74, 6) is -0.953. The van der Waals surface area contributed by atoms with E-state index in [0.717, 1.165) is 72.1 Å². The molecule has 0 saturated carbocycles. The molecule has 0 spiro atoms. The smallest absolute Gasteiger partial charge is 0.399 e. The van der Waals surface area contributed by atoms with E-state index in [1.807, 2.05) is 92.0 Å². The monoisotopic (exact) mass is 1680 g/mol. The molecule has 17 nitrogen and oxygen atoms in total. The molecule has 27 heteroatoms. The third kappa shape index (κ3) is 31.8. The van der Waals surface area contributed by atoms with Gasteiger partial charge in [-0.25, -0.2) is 0 Å². The van der Waals surface area contributed by atoms with E-state index in [-0.39, 0.29) is 33.2 Å². The number of rotatable bonds is 5. The molecule has 8 aromatic rings. The third-order valence-electron chi connectivity index (χ3n) is 14.5. The van der Waals surface area contributed by atoms with Crippen LogP contribution in [0.15, 0.2) is 115 Å². The molecule has 556 valence electrons. The minimum atomic E-state index is -5.09. The summed E-state index contributed by atoms with van der Waals surface area (Å²) in [5, 5.41) is 35.0. The molecule has 10 N–H and O–H groups in total. The number of nitro groups is 3. The first-order valence-electron chi connectivity index (χ1n) is 32.0. The number of benzene rings is 8. The lowest BCUT2D eigenvalue weighted by Gasteiger charge is -2.11. The van der Waals surface area contributed by atoms with Crippen molar-refractivity contribution < 1.29 is 50.7 Å². The average Bonchev–Trinajstić information content (AvgIpc) is 1.10. The Morgan fingerprint density at radius 1 is 0.462 bits per heavy atom. The molecule has 0 aromatic heterocycles. The number of carbonyl (C=O) groups excluding carboxylic acids is 2. The first kappa shape index (κ1) is 92.7. The second-order valence-corrected chi connectivity index (χ2v) is 32.5. The van der Waals surface area contributed by atoms with Gasteiger partial charge in [0.25, 0.3) is 17.1 Å². The number of amides is 2. The van der Waals surface area contributed by atoms with E-state index < -0.39 is 53.5 Å². The van der Waals surface area contributed by atoms with Gasteiger partial charge in [-0.15, -0.1) is 5.54 Å². The van der Waals surface area contributed by atoms with E-state index in [4.69, 9.17) is 22.9 Å². The highest BCUT2D eigenvalue weighted by atomic mass is 127. The summed E-state index contributed by atoms with van der Waals surface area (Å²) >= 11 is 4.26. The van der Waals surface area contributed by atoms with Gasteiger partial charge < -0.3 is 33.6 Å². The van der Waals surface area contributed by atoms with E-state index >= 15 is 0 Å². The van der Waals surface area contributed by atoms with Crippen molar-refractivity contribution in [3.63, 3.8) is 0 Å². The maximum absolute atomic E-state index is 12.1. The van der Waals surface area contributed by atoms with Gasteiger partial charge in [-0.1, -0.05) is 128 Å². The van der Waals surface area contributed by atoms with Crippen LogP contribution in [-0.2, 0) is 16.0 Å². The molecular weight excluding hydrogens is 1590 g/mol. The van der Waals surface area contributed by atoms with Crippen LogP contribution in [0.1, 0.15) is 106 Å². The number of hydrogen-bond acceptors (Lipinski definition) is 12. The zero-order valence-corrected chi connectivity index (χ0v) is 67.6. The minimum absolute atomic E-state index is 0.00694. The molecule has 0 fully saturated rings. The number of anilines is 6. The van der Waals surface area contributed by atoms with Crippen molar-refractivity contribution in [3.8, 4) is 11.5 Å². The number of nitro benzene ring substituents is 3. The van der Waals surface area contributed by atoms with Gasteiger partial charge in [-0.3, -0.25) is 39.9 Å². The van der Waals surface area contributed by atoms with E-state index in [1.54, 1.807) is 45.9 Å². The zero-order valence-electron chi connectivity index (χ0n) is 62.3. The van der Waals surface area contributed by atoms with E-state index in [0.29, 0.717) is 11.1 Å². The number of fused-ring (bicyclic) bond motifs is 1. The lowest BCUT2D eigenvalue weighted by atomic mass is 10.0. The number of halogens is 8. The Bertz CT molecular complexity index is 4380. The lowest BCUT2D eigenvalue weighted by Crippen LogP contribution is -2.30. The zero-order chi connectivity index (χ0) is 80.4. The van der Waals surface area contributed by atoms with Crippen LogP contribution in [0.25, 0.3) is 6.08 Å². The Balaban J connectivity index is 0.000000597. The first-order chi connectivity index (χ1) is 47.8. The molecule has 0 saturated heterocycles. The third-order valence-corrected chi connectivity index (χ3v) is 18.2. The number of allylic oxidation sites excluding steroid dienone is 1. The summed E-state index contributed by atoms with van der Waals surface area (Å²) in [6, 6.07) is 33.0. The molecule has 1 aliphatic carbocycles. The lowest BCUT2D eigenvalue weighted by molar-refractivity contribution is -0.385. The van der Waals surface area contributed by atoms with Crippen LogP contribution in [0.5, 0.6) is 0 Å². The number of carbonyl (C=O) groups is 2. The fraction of sp³-hybridized carbons (Fsp3) is 0.299. The largest absolute Gasteiger partial charge is 0.471 e.